The molecule has 144 heavy (non-hydrogen) atoms. The number of ketones is 9. The van der Waals surface area contributed by atoms with Crippen LogP contribution >= 0.6 is 104 Å². The lowest BCUT2D eigenvalue weighted by Crippen LogP contribution is -2.46. The van der Waals surface area contributed by atoms with Crippen molar-refractivity contribution >= 4 is 156 Å². The van der Waals surface area contributed by atoms with Gasteiger partial charge in [-0.3, -0.25) is 43.2 Å². The van der Waals surface area contributed by atoms with Crippen LogP contribution in [0.2, 0.25) is 45.2 Å². The van der Waals surface area contributed by atoms with Gasteiger partial charge in [-0.15, -0.1) is 0 Å². The Morgan fingerprint density at radius 3 is 0.500 bits per heavy atom. The summed E-state index contributed by atoms with van der Waals surface area (Å²) in [6, 6.07) is -19.6. The van der Waals surface area contributed by atoms with Crippen molar-refractivity contribution in [1.29, 1.82) is 0 Å². The number of carbonyl (C=O) groups excluding carboxylic acids is 9. The maximum Gasteiger partial charge on any atom is 0.179 e. The van der Waals surface area contributed by atoms with Gasteiger partial charge in [-0.25, -0.2) is 0 Å². The Morgan fingerprint density at radius 1 is 0.208 bits per heavy atom. The second-order valence-electron chi connectivity index (χ2n) is 31.1. The molecule has 0 heterocycles. The van der Waals surface area contributed by atoms with Crippen LogP contribution in [0, 0.1) is 0 Å². The number of hydrogen-bond acceptors (Lipinski definition) is 18. The van der Waals surface area contributed by atoms with Crippen LogP contribution in [0.15, 0.2) is 218 Å². The molecular formula is C117H162Cl9N9O9. The molecule has 792 valence electrons. The molecule has 27 heteroatoms. The van der Waals surface area contributed by atoms with E-state index in [1.165, 1.54) is 120 Å². The number of Topliss-reactive ketones (excluding diaryl/α,β-unsaturated/α-hetero) is 9. The van der Waals surface area contributed by atoms with Crippen molar-refractivity contribution in [3.63, 3.8) is 0 Å². The normalized spacial score (nSPS) is 28.3. The second-order valence-corrected chi connectivity index (χ2v) is 34.8. The van der Waals surface area contributed by atoms with E-state index in [1.807, 2.05) is 10.6 Å². The summed E-state index contributed by atoms with van der Waals surface area (Å²) in [5.74, 6) is -13.8. The Bertz CT molecular complexity index is 9540. The van der Waals surface area contributed by atoms with E-state index in [2.05, 4.69) is 16.0 Å². The van der Waals surface area contributed by atoms with E-state index in [9.17, 15) is 43.2 Å². The van der Waals surface area contributed by atoms with Gasteiger partial charge in [0.1, 0.15) is 0 Å². The molecule has 0 aliphatic heterocycles. The van der Waals surface area contributed by atoms with Gasteiger partial charge in [-0.05, 0) is 356 Å². The average molecular weight is 2260 g/mol. The van der Waals surface area contributed by atoms with Crippen molar-refractivity contribution < 1.29 is 184 Å². The largest absolute Gasteiger partial charge is 0.303 e. The zero-order chi connectivity index (χ0) is 198. The van der Waals surface area contributed by atoms with E-state index >= 15 is 0 Å². The summed E-state index contributed by atoms with van der Waals surface area (Å²) in [4.78, 5) is 116. The standard InChI is InChI=1S/9C13H18ClNO/c9*1-9(15-13(2,3)4)12(16)10-6-5-7-11(14)8-10/h9*5-9,15H,1-4H3/t9*9-/m111110000/s1/i1D3,2D3,3D3,4D3,5D,6D,7D,8D,9D;1D3,5D,6D,7D,8D,9D;1D3,2D3,3D3,4D3,9D;1D3,2D3,3D3,9D;1D3,2D3,9D;1D3,2D3,3D3,4D3,5D,6D,7D,8D,9D;1D3,5D,6D,7D,8D,9D;1D3,2D3,3D3,4D3,9D;1D3,2D3,3D3,9D. The van der Waals surface area contributed by atoms with Crippen molar-refractivity contribution in [2.24, 2.45) is 0 Å². The second kappa shape index (κ2) is 61.4. The molecule has 0 aromatic heterocycles. The van der Waals surface area contributed by atoms with Gasteiger partial charge in [0.05, 0.1) is 88.4 Å². The highest BCUT2D eigenvalue weighted by molar-refractivity contribution is 6.34. The molecule has 9 aromatic rings. The third-order valence-electron chi connectivity index (χ3n) is 14.2. The van der Waals surface area contributed by atoms with Crippen LogP contribution < -0.4 is 47.9 Å². The van der Waals surface area contributed by atoms with Crippen molar-refractivity contribution in [2.75, 3.05) is 0 Å². The molecule has 9 N–H and O–H groups in total. The summed E-state index contributed by atoms with van der Waals surface area (Å²) in [6.45, 7) is -80.8. The number of nitrogens with one attached hydrogen (secondary N) is 9. The van der Waals surface area contributed by atoms with Crippen LogP contribution in [0.5, 0.6) is 0 Å². The monoisotopic (exact) mass is 2260 g/mol. The fourth-order valence-corrected chi connectivity index (χ4v) is 10.4. The highest BCUT2D eigenvalue weighted by atomic mass is 35.5. The lowest BCUT2D eigenvalue weighted by molar-refractivity contribution is 0.0929. The van der Waals surface area contributed by atoms with E-state index in [1.54, 1.807) is 41.5 Å². The van der Waals surface area contributed by atoms with Gasteiger partial charge < -0.3 is 47.9 Å². The molecule has 0 spiro atoms. The van der Waals surface area contributed by atoms with Crippen LogP contribution in [-0.2, 0) is 0 Å². The van der Waals surface area contributed by atoms with E-state index in [4.69, 9.17) is 246 Å². The third-order valence-corrected chi connectivity index (χ3v) is 16.1. The Morgan fingerprint density at radius 2 is 0.354 bits per heavy atom. The van der Waals surface area contributed by atoms with Crippen LogP contribution in [0.1, 0.15) is 482 Å². The maximum absolute atomic E-state index is 13.2. The molecule has 9 atom stereocenters. The highest BCUT2D eigenvalue weighted by Gasteiger charge is 2.30. The number of rotatable bonds is 27. The highest BCUT2D eigenvalue weighted by Crippen LogP contribution is 2.24. The molecule has 0 bridgehead atoms. The Kier molecular flexibility index (Phi) is 18.6. The van der Waals surface area contributed by atoms with Crippen LogP contribution in [0.3, 0.4) is 0 Å². The van der Waals surface area contributed by atoms with Crippen LogP contribution in [0.4, 0.5) is 0 Å². The van der Waals surface area contributed by atoms with Gasteiger partial charge in [0.2, 0.25) is 0 Å². The first kappa shape index (κ1) is 43.5. The molecule has 0 saturated carbocycles. The average Bonchev–Trinajstić information content (AvgIpc) is 0.703. The first-order chi connectivity index (χ1) is 108. The molecule has 9 rings (SSSR count). The summed E-state index contributed by atoms with van der Waals surface area (Å²) in [7, 11) is 0. The number of hydrogen-bond donors (Lipinski definition) is 9. The summed E-state index contributed by atoms with van der Waals surface area (Å²) in [5, 5.41) is 13.7. The van der Waals surface area contributed by atoms with Crippen LogP contribution in [-0.4, -0.2) is 156 Å². The molecule has 0 aliphatic rings. The van der Waals surface area contributed by atoms with E-state index in [0.29, 0.717) is 0 Å². The number of benzene rings is 9. The third kappa shape index (κ3) is 60.0. The van der Waals surface area contributed by atoms with Crippen LogP contribution in [0.25, 0.3) is 0 Å². The van der Waals surface area contributed by atoms with Crippen molar-refractivity contribution in [1.82, 2.24) is 47.9 Å². The summed E-state index contributed by atoms with van der Waals surface area (Å²) in [5.41, 5.74) is -31.0. The molecular weight excluding hydrogens is 1990 g/mol. The lowest BCUT2D eigenvalue weighted by Gasteiger charge is -2.25. The van der Waals surface area contributed by atoms with Crippen molar-refractivity contribution in [3.05, 3.63) is 313 Å². The summed E-state index contributed by atoms with van der Waals surface area (Å²) >= 11 is 51.8. The van der Waals surface area contributed by atoms with Crippen molar-refractivity contribution in [2.45, 2.75) is 351 Å². The van der Waals surface area contributed by atoms with Gasteiger partial charge in [-0.2, -0.15) is 0 Å². The zero-order valence-corrected chi connectivity index (χ0v) is 83.4. The molecule has 0 amide bonds. The molecule has 0 fully saturated rings. The van der Waals surface area contributed by atoms with Gasteiger partial charge >= 0.3 is 0 Å². The van der Waals surface area contributed by atoms with Gasteiger partial charge in [0.15, 0.2) is 52.0 Å². The van der Waals surface area contributed by atoms with Gasteiger partial charge in [-0.1, -0.05) is 213 Å². The van der Waals surface area contributed by atoms with E-state index in [0.717, 1.165) is 50.2 Å². The van der Waals surface area contributed by atoms with Gasteiger partial charge in [0, 0.05) is 252 Å². The molecule has 0 radical (unpaired) electrons. The fourth-order valence-electron chi connectivity index (χ4n) is 8.93. The number of halogens is 9. The smallest absolute Gasteiger partial charge is 0.179 e. The molecule has 18 nitrogen and oxygen atoms in total. The minimum absolute atomic E-state index is 0.0162. The molecule has 9 aromatic carbocycles. The zero-order valence-electron chi connectivity index (χ0n) is 180. The molecule has 0 aliphatic carbocycles. The fraction of sp³-hybridized carbons (Fsp3) is 0.462. The Hall–Kier alpha value is -7.74. The van der Waals surface area contributed by atoms with E-state index < -0.39 is 484 Å². The van der Waals surface area contributed by atoms with E-state index in [-0.39, 0.29) is 41.8 Å². The Balaban J connectivity index is 0.00000139. The lowest BCUT2D eigenvalue weighted by atomic mass is 10.0. The minimum atomic E-state index is -4.12. The number of carbonyl (C=O) groups is 9. The first-order valence-electron chi connectivity index (χ1n) is 90.6. The minimum Gasteiger partial charge on any atom is -0.303 e. The SMILES string of the molecule is [2H]C([2H])([2H])C(C)(C)N[C@@]([2H])(C(=O)c1cccc(Cl)c1)C([2H])([2H])[2H].[2H]C([2H])([2H])C(C)(N[C@@]([2H])(C(=O)c1cccc(Cl)c1)C([2H])([2H])[2H])C([2H])([2H])[2H].[2H]C([2H])([2H])C(C)(N[C@]([2H])(C(=O)c1cccc(Cl)c1)C([2H])([2H])[2H])C([2H])([2H])[2H].[2H]C([2H])([2H])C(N[C@@]([2H])(C(=O)c1cccc(Cl)c1)C([2H])([2H])[2H])(C([2H])([2H])[2H])C([2H])([2H])[2H].[2H]C([2H])([2H])C(N[C@]([2H])(C(=O)c1cccc(Cl)c1)C([2H])([2H])[2H])(C([2H])([2H])[2H])C([2H])([2H])[2H].[2H]c1c([2H])c(Cl)c([2H])c(C(=O)[C@@]([2H])(NC(C([2H])([2H])[2H])(C([2H])([2H])[2H])C([2H])([2H])[2H])C([2H])([2H])[2H])c1[2H].[2H]c1c([2H])c(Cl)c([2H])c(C(=O)[C@@]([2H])(NC(C)(C)C)C([2H])([2H])[2H])c1[2H].[2H]c1c([2H])c(Cl)c([2H])c(C(=O)[C@]([2H])(NC(C([2H])([2H])[2H])(C([2H])([2H])[2H])C([2H])([2H])[2H])C([2H])([2H])[2H])c1[2H].[2H]c1c([2H])c(Cl)c([2H])c(C(=O)[C@]([2H])(NC(C)(C)C)C([2H])([2H])[2H])c1[2H]. The quantitative estimate of drug-likeness (QED) is 0.0217. The molecule has 0 unspecified atom stereocenters. The summed E-state index contributed by atoms with van der Waals surface area (Å²) in [6.07, 6.45) is 0. The summed E-state index contributed by atoms with van der Waals surface area (Å²) < 4.78 is 788. The first-order valence-corrected chi connectivity index (χ1v) is 42.5. The molecule has 0 saturated heterocycles. The Labute approximate surface area is 1050 Å². The predicted octanol–water partition coefficient (Wildman–Crippen LogP) is 29.7. The van der Waals surface area contributed by atoms with Crippen molar-refractivity contribution in [3.8, 4) is 0 Å². The topological polar surface area (TPSA) is 262 Å². The maximum atomic E-state index is 13.2. The van der Waals surface area contributed by atoms with Gasteiger partial charge in [0.25, 0.3) is 0 Å². The predicted molar refractivity (Wildman–Crippen MR) is 613 cm³/mol.